The van der Waals surface area contributed by atoms with E-state index in [9.17, 15) is 4.39 Å². The van der Waals surface area contributed by atoms with Crippen molar-refractivity contribution in [2.75, 3.05) is 33.3 Å². The first kappa shape index (κ1) is 14.4. The van der Waals surface area contributed by atoms with Gasteiger partial charge in [-0.15, -0.1) is 0 Å². The van der Waals surface area contributed by atoms with Crippen molar-refractivity contribution < 1.29 is 9.13 Å². The largest absolute Gasteiger partial charge is 0.374 e. The van der Waals surface area contributed by atoms with E-state index in [1.54, 1.807) is 6.07 Å². The van der Waals surface area contributed by atoms with Crippen molar-refractivity contribution in [3.8, 4) is 0 Å². The van der Waals surface area contributed by atoms with Crippen LogP contribution in [0.25, 0.3) is 0 Å². The summed E-state index contributed by atoms with van der Waals surface area (Å²) in [5, 5.41) is 3.34. The molecule has 0 spiro atoms. The predicted octanol–water partition coefficient (Wildman–Crippen LogP) is 2.12. The molecular weight excluding hydrogens is 243 g/mol. The number of halogens is 1. The lowest BCUT2D eigenvalue weighted by molar-refractivity contribution is -0.0611. The van der Waals surface area contributed by atoms with Gasteiger partial charge in [0.05, 0.1) is 18.8 Å². The second kappa shape index (κ2) is 6.46. The zero-order valence-electron chi connectivity index (χ0n) is 11.9. The second-order valence-corrected chi connectivity index (χ2v) is 5.15. The first-order valence-electron chi connectivity index (χ1n) is 6.92. The van der Waals surface area contributed by atoms with Crippen LogP contribution >= 0.6 is 0 Å². The monoisotopic (exact) mass is 266 g/mol. The van der Waals surface area contributed by atoms with Gasteiger partial charge in [0.15, 0.2) is 0 Å². The quantitative estimate of drug-likeness (QED) is 0.903. The minimum atomic E-state index is -0.147. The summed E-state index contributed by atoms with van der Waals surface area (Å²) in [6.45, 7) is 7.30. The lowest BCUT2D eigenvalue weighted by Gasteiger charge is -2.39. The van der Waals surface area contributed by atoms with Gasteiger partial charge >= 0.3 is 0 Å². The Hall–Kier alpha value is -0.970. The summed E-state index contributed by atoms with van der Waals surface area (Å²) in [5.41, 5.74) is 1.82. The number of hydrogen-bond donors (Lipinski definition) is 1. The smallest absolute Gasteiger partial charge is 0.126 e. The van der Waals surface area contributed by atoms with E-state index in [1.807, 2.05) is 19.1 Å². The van der Waals surface area contributed by atoms with Crippen LogP contribution in [0.4, 0.5) is 4.39 Å². The number of rotatable bonds is 4. The third-order valence-corrected chi connectivity index (χ3v) is 3.72. The molecule has 1 aromatic rings. The van der Waals surface area contributed by atoms with Gasteiger partial charge in [-0.1, -0.05) is 19.1 Å². The Morgan fingerprint density at radius 1 is 1.47 bits per heavy atom. The molecule has 0 amide bonds. The van der Waals surface area contributed by atoms with Crippen molar-refractivity contribution in [1.82, 2.24) is 10.2 Å². The van der Waals surface area contributed by atoms with Crippen LogP contribution in [0.15, 0.2) is 18.2 Å². The summed E-state index contributed by atoms with van der Waals surface area (Å²) in [7, 11) is 2.10. The number of nitrogens with zero attached hydrogens (tertiary/aromatic N) is 1. The van der Waals surface area contributed by atoms with E-state index in [4.69, 9.17) is 4.74 Å². The lowest BCUT2D eigenvalue weighted by Crippen LogP contribution is -2.47. The highest BCUT2D eigenvalue weighted by Gasteiger charge is 2.31. The van der Waals surface area contributed by atoms with Gasteiger partial charge in [0.1, 0.15) is 5.82 Å². The highest BCUT2D eigenvalue weighted by Crippen LogP contribution is 2.29. The maximum Gasteiger partial charge on any atom is 0.126 e. The molecule has 1 fully saturated rings. The van der Waals surface area contributed by atoms with Gasteiger partial charge in [-0.2, -0.15) is 0 Å². The summed E-state index contributed by atoms with van der Waals surface area (Å²) < 4.78 is 19.3. The minimum absolute atomic E-state index is 0.114. The molecule has 106 valence electrons. The number of ether oxygens (including phenoxy) is 1. The molecule has 2 rings (SSSR count). The van der Waals surface area contributed by atoms with Crippen LogP contribution in [0.2, 0.25) is 0 Å². The van der Waals surface area contributed by atoms with E-state index >= 15 is 0 Å². The summed E-state index contributed by atoms with van der Waals surface area (Å²) in [5.74, 6) is -0.147. The molecule has 0 aliphatic carbocycles. The van der Waals surface area contributed by atoms with Crippen LogP contribution in [0, 0.1) is 12.7 Å². The van der Waals surface area contributed by atoms with Crippen molar-refractivity contribution in [1.29, 1.82) is 0 Å². The third kappa shape index (κ3) is 3.32. The average molecular weight is 266 g/mol. The normalized spacial score (nSPS) is 24.6. The van der Waals surface area contributed by atoms with Crippen LogP contribution in [-0.4, -0.2) is 44.3 Å². The van der Waals surface area contributed by atoms with E-state index in [1.165, 1.54) is 0 Å². The Balaban J connectivity index is 2.22. The molecule has 1 N–H and O–H groups in total. The van der Waals surface area contributed by atoms with Crippen molar-refractivity contribution >= 4 is 0 Å². The average Bonchev–Trinajstić information content (AvgIpc) is 2.40. The van der Waals surface area contributed by atoms with Crippen molar-refractivity contribution in [3.63, 3.8) is 0 Å². The molecule has 1 heterocycles. The fourth-order valence-corrected chi connectivity index (χ4v) is 2.64. The number of nitrogens with one attached hydrogen (secondary N) is 1. The van der Waals surface area contributed by atoms with Crippen molar-refractivity contribution in [2.45, 2.75) is 26.0 Å². The molecule has 1 aliphatic heterocycles. The molecule has 3 nitrogen and oxygen atoms in total. The maximum atomic E-state index is 13.4. The van der Waals surface area contributed by atoms with Gasteiger partial charge in [-0.3, -0.25) is 4.90 Å². The summed E-state index contributed by atoms with van der Waals surface area (Å²) in [4.78, 5) is 2.29. The van der Waals surface area contributed by atoms with Gasteiger partial charge in [-0.25, -0.2) is 4.39 Å². The summed E-state index contributed by atoms with van der Waals surface area (Å²) >= 11 is 0. The summed E-state index contributed by atoms with van der Waals surface area (Å²) in [6.07, 6.45) is 0.114. The van der Waals surface area contributed by atoms with E-state index in [0.717, 1.165) is 31.8 Å². The predicted molar refractivity (Wildman–Crippen MR) is 74.8 cm³/mol. The third-order valence-electron chi connectivity index (χ3n) is 3.72. The Kier molecular flexibility index (Phi) is 4.91. The van der Waals surface area contributed by atoms with E-state index in [0.29, 0.717) is 5.56 Å². The maximum absolute atomic E-state index is 13.4. The molecular formula is C15H23FN2O. The fourth-order valence-electron chi connectivity index (χ4n) is 2.64. The number of aryl methyl sites for hydroxylation is 1. The Morgan fingerprint density at radius 2 is 2.26 bits per heavy atom. The fraction of sp³-hybridized carbons (Fsp3) is 0.600. The molecule has 0 saturated carbocycles. The van der Waals surface area contributed by atoms with Gasteiger partial charge in [-0.05, 0) is 37.7 Å². The van der Waals surface area contributed by atoms with Crippen LogP contribution in [-0.2, 0) is 4.74 Å². The van der Waals surface area contributed by atoms with Gasteiger partial charge in [0, 0.05) is 13.1 Å². The Labute approximate surface area is 114 Å². The first-order chi connectivity index (χ1) is 9.13. The molecule has 1 saturated heterocycles. The zero-order valence-corrected chi connectivity index (χ0v) is 11.9. The molecule has 0 bridgehead atoms. The standard InChI is InChI=1S/C15H23FN2O/c1-4-17-10-14-15(18(3)7-8-19-14)12-5-6-13(16)11(2)9-12/h5-6,9,14-15,17H,4,7-8,10H2,1-3H3. The van der Waals surface area contributed by atoms with E-state index in [2.05, 4.69) is 24.2 Å². The molecule has 1 aliphatic rings. The summed E-state index contributed by atoms with van der Waals surface area (Å²) in [6, 6.07) is 5.55. The molecule has 19 heavy (non-hydrogen) atoms. The zero-order chi connectivity index (χ0) is 13.8. The highest BCUT2D eigenvalue weighted by molar-refractivity contribution is 5.27. The highest BCUT2D eigenvalue weighted by atomic mass is 19.1. The van der Waals surface area contributed by atoms with Crippen molar-refractivity contribution in [3.05, 3.63) is 35.1 Å². The molecule has 0 radical (unpaired) electrons. The van der Waals surface area contributed by atoms with Crippen molar-refractivity contribution in [2.24, 2.45) is 0 Å². The van der Waals surface area contributed by atoms with Crippen LogP contribution < -0.4 is 5.32 Å². The SMILES string of the molecule is CCNCC1OCCN(C)C1c1ccc(F)c(C)c1. The molecule has 4 heteroatoms. The number of hydrogen-bond acceptors (Lipinski definition) is 3. The topological polar surface area (TPSA) is 24.5 Å². The van der Waals surface area contributed by atoms with Gasteiger partial charge in [0.2, 0.25) is 0 Å². The van der Waals surface area contributed by atoms with Gasteiger partial charge in [0.25, 0.3) is 0 Å². The second-order valence-electron chi connectivity index (χ2n) is 5.15. The molecule has 0 aromatic heterocycles. The Bertz CT molecular complexity index is 425. The molecule has 1 aromatic carbocycles. The first-order valence-corrected chi connectivity index (χ1v) is 6.92. The minimum Gasteiger partial charge on any atom is -0.374 e. The molecule has 2 atom stereocenters. The Morgan fingerprint density at radius 3 is 2.95 bits per heavy atom. The van der Waals surface area contributed by atoms with Crippen LogP contribution in [0.5, 0.6) is 0 Å². The van der Waals surface area contributed by atoms with Crippen LogP contribution in [0.1, 0.15) is 24.1 Å². The number of likely N-dealkylation sites (N-methyl/N-ethyl adjacent to an activating group) is 2. The lowest BCUT2D eigenvalue weighted by atomic mass is 9.96. The number of benzene rings is 1. The van der Waals surface area contributed by atoms with E-state index in [-0.39, 0.29) is 18.0 Å². The van der Waals surface area contributed by atoms with Crippen LogP contribution in [0.3, 0.4) is 0 Å². The number of morpholine rings is 1. The van der Waals surface area contributed by atoms with E-state index < -0.39 is 0 Å². The molecule has 2 unspecified atom stereocenters. The van der Waals surface area contributed by atoms with Gasteiger partial charge < -0.3 is 10.1 Å².